The summed E-state index contributed by atoms with van der Waals surface area (Å²) in [6.45, 7) is 3.29. The van der Waals surface area contributed by atoms with Crippen molar-refractivity contribution in [2.75, 3.05) is 13.1 Å². The highest BCUT2D eigenvalue weighted by atomic mass is 16.5. The molecule has 1 aromatic heterocycles. The Hall–Kier alpha value is -3.08. The van der Waals surface area contributed by atoms with Gasteiger partial charge in [-0.15, -0.1) is 0 Å². The van der Waals surface area contributed by atoms with E-state index >= 15 is 0 Å². The van der Waals surface area contributed by atoms with Gasteiger partial charge in [0.15, 0.2) is 6.10 Å². The summed E-state index contributed by atoms with van der Waals surface area (Å²) in [5.41, 5.74) is 1.41. The maximum atomic E-state index is 12.8. The van der Waals surface area contributed by atoms with Crippen molar-refractivity contribution in [2.45, 2.75) is 32.3 Å². The second-order valence-electron chi connectivity index (χ2n) is 7.67. The van der Waals surface area contributed by atoms with E-state index in [1.165, 1.54) is 11.6 Å². The Morgan fingerprint density at radius 2 is 1.83 bits per heavy atom. The van der Waals surface area contributed by atoms with Gasteiger partial charge in [0.1, 0.15) is 11.3 Å². The average Bonchev–Trinajstić information content (AvgIpc) is 2.74. The average molecular weight is 391 g/mol. The van der Waals surface area contributed by atoms with Crippen molar-refractivity contribution in [3.63, 3.8) is 0 Å². The molecule has 1 amide bonds. The summed E-state index contributed by atoms with van der Waals surface area (Å²) < 4.78 is 11.0. The Morgan fingerprint density at radius 1 is 1.10 bits per heavy atom. The third kappa shape index (κ3) is 4.67. The SMILES string of the molecule is CC(Oc1ccc2ccc(=O)oc2c1)C(=O)N1CCC(Cc2ccccc2)CC1. The third-order valence-corrected chi connectivity index (χ3v) is 5.55. The van der Waals surface area contributed by atoms with E-state index in [1.807, 2.05) is 17.0 Å². The van der Waals surface area contributed by atoms with E-state index in [0.717, 1.165) is 37.7 Å². The van der Waals surface area contributed by atoms with Gasteiger partial charge in [0.2, 0.25) is 0 Å². The fourth-order valence-corrected chi connectivity index (χ4v) is 3.93. The Morgan fingerprint density at radius 3 is 2.59 bits per heavy atom. The lowest BCUT2D eigenvalue weighted by molar-refractivity contribution is -0.139. The van der Waals surface area contributed by atoms with Crippen molar-refractivity contribution >= 4 is 16.9 Å². The molecule has 5 nitrogen and oxygen atoms in total. The van der Waals surface area contributed by atoms with Crippen LogP contribution in [0.4, 0.5) is 0 Å². The molecule has 5 heteroatoms. The monoisotopic (exact) mass is 391 g/mol. The number of ether oxygens (including phenoxy) is 1. The second kappa shape index (κ2) is 8.52. The third-order valence-electron chi connectivity index (χ3n) is 5.55. The van der Waals surface area contributed by atoms with Crippen LogP contribution in [0, 0.1) is 5.92 Å². The van der Waals surface area contributed by atoms with Gasteiger partial charge in [-0.25, -0.2) is 4.79 Å². The fourth-order valence-electron chi connectivity index (χ4n) is 3.93. The Kier molecular flexibility index (Phi) is 5.65. The minimum absolute atomic E-state index is 0.00206. The molecule has 0 radical (unpaired) electrons. The highest BCUT2D eigenvalue weighted by molar-refractivity contribution is 5.81. The van der Waals surface area contributed by atoms with Gasteiger partial charge >= 0.3 is 5.63 Å². The zero-order chi connectivity index (χ0) is 20.2. The molecule has 3 aromatic rings. The minimum atomic E-state index is -0.589. The summed E-state index contributed by atoms with van der Waals surface area (Å²) in [6, 6.07) is 18.9. The molecule has 1 aliphatic rings. The molecule has 0 aliphatic carbocycles. The van der Waals surface area contributed by atoms with Crippen LogP contribution in [-0.4, -0.2) is 30.0 Å². The van der Waals surface area contributed by atoms with E-state index in [2.05, 4.69) is 24.3 Å². The molecule has 1 aliphatic heterocycles. The molecule has 2 aromatic carbocycles. The van der Waals surface area contributed by atoms with Crippen LogP contribution in [0.3, 0.4) is 0 Å². The van der Waals surface area contributed by atoms with Crippen LogP contribution in [0.1, 0.15) is 25.3 Å². The molecule has 1 atom stereocenters. The van der Waals surface area contributed by atoms with Crippen LogP contribution >= 0.6 is 0 Å². The lowest BCUT2D eigenvalue weighted by Gasteiger charge is -2.33. The predicted molar refractivity (Wildman–Crippen MR) is 112 cm³/mol. The molecule has 0 saturated carbocycles. The maximum absolute atomic E-state index is 12.8. The van der Waals surface area contributed by atoms with Crippen molar-refractivity contribution in [3.05, 3.63) is 76.6 Å². The number of carbonyl (C=O) groups excluding carboxylic acids is 1. The van der Waals surface area contributed by atoms with Crippen molar-refractivity contribution in [1.29, 1.82) is 0 Å². The molecule has 29 heavy (non-hydrogen) atoms. The van der Waals surface area contributed by atoms with Crippen LogP contribution in [-0.2, 0) is 11.2 Å². The number of carbonyl (C=O) groups is 1. The van der Waals surface area contributed by atoms with Gasteiger partial charge in [0, 0.05) is 30.6 Å². The second-order valence-corrected chi connectivity index (χ2v) is 7.67. The van der Waals surface area contributed by atoms with Crippen molar-refractivity contribution in [2.24, 2.45) is 5.92 Å². The number of rotatable bonds is 5. The lowest BCUT2D eigenvalue weighted by Crippen LogP contribution is -2.45. The number of likely N-dealkylation sites (tertiary alicyclic amines) is 1. The molecule has 0 N–H and O–H groups in total. The number of amides is 1. The number of hydrogen-bond donors (Lipinski definition) is 0. The topological polar surface area (TPSA) is 59.8 Å². The van der Waals surface area contributed by atoms with Crippen LogP contribution in [0.25, 0.3) is 11.0 Å². The zero-order valence-corrected chi connectivity index (χ0v) is 16.5. The van der Waals surface area contributed by atoms with E-state index in [4.69, 9.17) is 9.15 Å². The van der Waals surface area contributed by atoms with Gasteiger partial charge in [-0.3, -0.25) is 4.79 Å². The van der Waals surface area contributed by atoms with E-state index in [-0.39, 0.29) is 5.91 Å². The number of nitrogens with zero attached hydrogens (tertiary/aromatic N) is 1. The van der Waals surface area contributed by atoms with Gasteiger partial charge in [-0.05, 0) is 55.9 Å². The first-order valence-electron chi connectivity index (χ1n) is 10.1. The van der Waals surface area contributed by atoms with Crippen molar-refractivity contribution < 1.29 is 13.9 Å². The molecule has 1 saturated heterocycles. The molecular formula is C24H25NO4. The van der Waals surface area contributed by atoms with Crippen molar-refractivity contribution in [3.8, 4) is 5.75 Å². The Balaban J connectivity index is 1.33. The quantitative estimate of drug-likeness (QED) is 0.616. The molecule has 4 rings (SSSR count). The summed E-state index contributed by atoms with van der Waals surface area (Å²) in [5, 5.41) is 0.816. The molecule has 150 valence electrons. The lowest BCUT2D eigenvalue weighted by atomic mass is 9.90. The maximum Gasteiger partial charge on any atom is 0.336 e. The molecule has 1 fully saturated rings. The Labute approximate surface area is 169 Å². The first-order valence-corrected chi connectivity index (χ1v) is 10.1. The van der Waals surface area contributed by atoms with Crippen LogP contribution in [0.5, 0.6) is 5.75 Å². The zero-order valence-electron chi connectivity index (χ0n) is 16.5. The largest absolute Gasteiger partial charge is 0.481 e. The van der Waals surface area contributed by atoms with Gasteiger partial charge in [0.05, 0.1) is 0 Å². The molecule has 2 heterocycles. The number of hydrogen-bond acceptors (Lipinski definition) is 4. The van der Waals surface area contributed by atoms with E-state index in [1.54, 1.807) is 25.1 Å². The smallest absolute Gasteiger partial charge is 0.336 e. The van der Waals surface area contributed by atoms with Gasteiger partial charge < -0.3 is 14.1 Å². The minimum Gasteiger partial charge on any atom is -0.481 e. The highest BCUT2D eigenvalue weighted by Gasteiger charge is 2.27. The number of piperidine rings is 1. The van der Waals surface area contributed by atoms with Gasteiger partial charge in [0.25, 0.3) is 5.91 Å². The first kappa shape index (κ1) is 19.2. The van der Waals surface area contributed by atoms with Crippen LogP contribution in [0.2, 0.25) is 0 Å². The number of fused-ring (bicyclic) bond motifs is 1. The van der Waals surface area contributed by atoms with E-state index < -0.39 is 11.7 Å². The summed E-state index contributed by atoms with van der Waals surface area (Å²) >= 11 is 0. The van der Waals surface area contributed by atoms with Crippen LogP contribution in [0.15, 0.2) is 69.9 Å². The molecule has 0 bridgehead atoms. The predicted octanol–water partition coefficient (Wildman–Crippen LogP) is 4.04. The highest BCUT2D eigenvalue weighted by Crippen LogP contribution is 2.24. The van der Waals surface area contributed by atoms with Crippen molar-refractivity contribution in [1.82, 2.24) is 4.90 Å². The summed E-state index contributed by atoms with van der Waals surface area (Å²) in [6.07, 6.45) is 2.49. The standard InChI is InChI=1S/C24H25NO4/c1-17(28-21-9-7-20-8-10-23(26)29-22(20)16-21)24(27)25-13-11-19(12-14-25)15-18-5-3-2-4-6-18/h2-10,16-17,19H,11-15H2,1H3. The first-order chi connectivity index (χ1) is 14.1. The van der Waals surface area contributed by atoms with Gasteiger partial charge in [-0.2, -0.15) is 0 Å². The fraction of sp³-hybridized carbons (Fsp3) is 0.333. The normalized spacial score (nSPS) is 16.0. The summed E-state index contributed by atoms with van der Waals surface area (Å²) in [4.78, 5) is 26.1. The van der Waals surface area contributed by atoms with E-state index in [0.29, 0.717) is 17.3 Å². The summed E-state index contributed by atoms with van der Waals surface area (Å²) in [7, 11) is 0. The summed E-state index contributed by atoms with van der Waals surface area (Å²) in [5.74, 6) is 1.13. The number of benzene rings is 2. The Bertz CT molecular complexity index is 1040. The molecular weight excluding hydrogens is 366 g/mol. The van der Waals surface area contributed by atoms with E-state index in [9.17, 15) is 9.59 Å². The molecule has 1 unspecified atom stereocenters. The van der Waals surface area contributed by atoms with Crippen LogP contribution < -0.4 is 10.4 Å². The van der Waals surface area contributed by atoms with Gasteiger partial charge in [-0.1, -0.05) is 30.3 Å². The molecule has 0 spiro atoms.